The Bertz CT molecular complexity index is 1350. The number of nitrogens with two attached hydrogens (primary N) is 1. The molecule has 0 radical (unpaired) electrons. The number of rotatable bonds is 8. The normalized spacial score (nSPS) is 14.7. The molecule has 1 aliphatic rings. The van der Waals surface area contributed by atoms with E-state index in [1.165, 1.54) is 35.4 Å². The highest BCUT2D eigenvalue weighted by atomic mass is 19.4. The zero-order valence-electron chi connectivity index (χ0n) is 22.7. The van der Waals surface area contributed by atoms with Crippen LogP contribution in [0.4, 0.5) is 27.8 Å². The number of nitrogens with one attached hydrogen (secondary N) is 1. The number of nitrogens with zero attached hydrogens (tertiary/aromatic N) is 3. The number of carbonyl (C=O) groups is 2. The van der Waals surface area contributed by atoms with Crippen molar-refractivity contribution in [2.24, 2.45) is 0 Å². The predicted octanol–water partition coefficient (Wildman–Crippen LogP) is 5.16. The van der Waals surface area contributed by atoms with Gasteiger partial charge in [0.25, 0.3) is 11.8 Å². The Morgan fingerprint density at radius 3 is 2.40 bits per heavy atom. The number of ether oxygens (including phenoxy) is 1. The summed E-state index contributed by atoms with van der Waals surface area (Å²) in [6.07, 6.45) is 0.348. The number of hydrogen-bond donors (Lipinski definition) is 2. The molecule has 224 valence electrons. The average Bonchev–Trinajstić information content (AvgIpc) is 2.96. The predicted molar refractivity (Wildman–Crippen MR) is 147 cm³/mol. The van der Waals surface area contributed by atoms with Gasteiger partial charge in [0.2, 0.25) is 0 Å². The summed E-state index contributed by atoms with van der Waals surface area (Å²) in [6.45, 7) is 0.476. The highest BCUT2D eigenvalue weighted by Gasteiger charge is 2.36. The van der Waals surface area contributed by atoms with E-state index in [1.807, 2.05) is 13.1 Å². The van der Waals surface area contributed by atoms with Gasteiger partial charge in [-0.3, -0.25) is 14.6 Å². The lowest BCUT2D eigenvalue weighted by atomic mass is 10.0. The van der Waals surface area contributed by atoms with Crippen molar-refractivity contribution in [2.45, 2.75) is 31.5 Å². The van der Waals surface area contributed by atoms with Gasteiger partial charge in [0.05, 0.1) is 16.8 Å². The summed E-state index contributed by atoms with van der Waals surface area (Å²) < 4.78 is 72.1. The van der Waals surface area contributed by atoms with E-state index >= 15 is 0 Å². The molecule has 0 spiro atoms. The molecule has 1 amide bonds. The number of amides is 1. The molecule has 4 rings (SSSR count). The molecule has 13 heteroatoms. The molecule has 3 aromatic rings. The zero-order chi connectivity index (χ0) is 30.8. The lowest BCUT2D eigenvalue weighted by Gasteiger charge is -2.31. The molecule has 1 aromatic carbocycles. The van der Waals surface area contributed by atoms with Crippen LogP contribution < -0.4 is 15.8 Å². The maximum Gasteiger partial charge on any atom is 0.419 e. The molecular formula is C29H30F5N5O3. The van der Waals surface area contributed by atoms with Gasteiger partial charge in [-0.05, 0) is 61.2 Å². The second-order valence-electron chi connectivity index (χ2n) is 9.29. The van der Waals surface area contributed by atoms with Crippen LogP contribution in [0.25, 0.3) is 11.3 Å². The van der Waals surface area contributed by atoms with Gasteiger partial charge in [-0.15, -0.1) is 0 Å². The Balaban J connectivity index is 0.000000408. The third-order valence-electron chi connectivity index (χ3n) is 6.15. The highest BCUT2D eigenvalue weighted by molar-refractivity contribution is 5.94. The van der Waals surface area contributed by atoms with E-state index < -0.39 is 42.2 Å². The summed E-state index contributed by atoms with van der Waals surface area (Å²) >= 11 is 0. The maximum absolute atomic E-state index is 13.5. The van der Waals surface area contributed by atoms with E-state index in [2.05, 4.69) is 15.3 Å². The number of alkyl halides is 5. The van der Waals surface area contributed by atoms with Gasteiger partial charge in [-0.2, -0.15) is 13.2 Å². The number of nitrogen functional groups attached to an aromatic ring is 1. The van der Waals surface area contributed by atoms with Crippen LogP contribution in [0, 0.1) is 0 Å². The van der Waals surface area contributed by atoms with Gasteiger partial charge in [-0.1, -0.05) is 6.07 Å². The first kappa shape index (κ1) is 32.1. The lowest BCUT2D eigenvalue weighted by molar-refractivity contribution is -0.138. The minimum atomic E-state index is -4.69. The molecule has 42 heavy (non-hydrogen) atoms. The second kappa shape index (κ2) is 14.5. The van der Waals surface area contributed by atoms with Crippen molar-refractivity contribution >= 4 is 18.0 Å². The fraction of sp³-hybridized carbons (Fsp3) is 0.310. The number of aldehydes is 1. The van der Waals surface area contributed by atoms with Crippen molar-refractivity contribution in [1.82, 2.24) is 20.2 Å². The minimum Gasteiger partial charge on any atom is -0.489 e. The number of aromatic nitrogens is 2. The number of piperidine rings is 1. The van der Waals surface area contributed by atoms with Crippen LogP contribution in [0.1, 0.15) is 34.3 Å². The molecule has 2 aromatic heterocycles. The van der Waals surface area contributed by atoms with Crippen LogP contribution in [-0.4, -0.2) is 59.7 Å². The maximum atomic E-state index is 13.5. The molecule has 3 heterocycles. The van der Waals surface area contributed by atoms with Gasteiger partial charge < -0.3 is 20.7 Å². The zero-order valence-corrected chi connectivity index (χ0v) is 22.7. The van der Waals surface area contributed by atoms with Crippen molar-refractivity contribution in [3.8, 4) is 17.0 Å². The van der Waals surface area contributed by atoms with Gasteiger partial charge in [0.15, 0.2) is 0 Å². The molecule has 0 aliphatic carbocycles. The lowest BCUT2D eigenvalue weighted by Crippen LogP contribution is -2.42. The van der Waals surface area contributed by atoms with Crippen LogP contribution in [0.2, 0.25) is 0 Å². The third-order valence-corrected chi connectivity index (χ3v) is 6.15. The molecule has 0 saturated carbocycles. The van der Waals surface area contributed by atoms with Crippen LogP contribution in [-0.2, 0) is 17.5 Å². The molecule has 0 unspecified atom stereocenters. The standard InChI is InChI=1S/C22H19F5N2O3.C7H11N3/c23-21(24)7-9-29(10-8-21)20(31)16-3-5-18(28-14-16)15-4-6-19(32-12-2-1-11-30)17(13-15)22(25,26)27;1-9-4-6-2-3-7(8)10-5-6/h1-6,11,13-14H,7-10,12H2;2-3,5,9H,4H2,1H3,(H2,8,10)/b2-1+;. The van der Waals surface area contributed by atoms with Crippen LogP contribution in [0.5, 0.6) is 5.75 Å². The Kier molecular flexibility index (Phi) is 11.1. The number of hydrogen-bond acceptors (Lipinski definition) is 7. The van der Waals surface area contributed by atoms with Gasteiger partial charge in [-0.25, -0.2) is 13.8 Å². The number of likely N-dealkylation sites (tertiary alicyclic amines) is 1. The highest BCUT2D eigenvalue weighted by Crippen LogP contribution is 2.38. The Morgan fingerprint density at radius 2 is 1.83 bits per heavy atom. The summed E-state index contributed by atoms with van der Waals surface area (Å²) in [5.74, 6) is -3.07. The summed E-state index contributed by atoms with van der Waals surface area (Å²) in [6, 6.07) is 9.99. The van der Waals surface area contributed by atoms with Crippen LogP contribution >= 0.6 is 0 Å². The van der Waals surface area contributed by atoms with E-state index in [9.17, 15) is 31.5 Å². The number of halogens is 5. The van der Waals surface area contributed by atoms with Crippen molar-refractivity contribution < 1.29 is 36.3 Å². The number of pyridine rings is 2. The molecular weight excluding hydrogens is 561 g/mol. The summed E-state index contributed by atoms with van der Waals surface area (Å²) in [4.78, 5) is 32.0. The molecule has 1 aliphatic heterocycles. The Hall–Kier alpha value is -4.39. The summed E-state index contributed by atoms with van der Waals surface area (Å²) in [5, 5.41) is 3.02. The molecule has 8 nitrogen and oxygen atoms in total. The first-order chi connectivity index (χ1) is 19.9. The van der Waals surface area contributed by atoms with E-state index in [0.29, 0.717) is 12.1 Å². The quantitative estimate of drug-likeness (QED) is 0.212. The summed E-state index contributed by atoms with van der Waals surface area (Å²) in [5.41, 5.74) is 6.05. The second-order valence-corrected chi connectivity index (χ2v) is 9.29. The van der Waals surface area contributed by atoms with Crippen molar-refractivity contribution in [3.63, 3.8) is 0 Å². The fourth-order valence-corrected chi connectivity index (χ4v) is 3.94. The van der Waals surface area contributed by atoms with Crippen molar-refractivity contribution in [1.29, 1.82) is 0 Å². The molecule has 0 atom stereocenters. The molecule has 1 fully saturated rings. The van der Waals surface area contributed by atoms with Crippen molar-refractivity contribution in [2.75, 3.05) is 32.5 Å². The number of benzene rings is 1. The average molecular weight is 592 g/mol. The Labute approximate surface area is 239 Å². The first-order valence-corrected chi connectivity index (χ1v) is 12.9. The topological polar surface area (TPSA) is 110 Å². The van der Waals surface area contributed by atoms with Crippen LogP contribution in [0.15, 0.2) is 67.0 Å². The van der Waals surface area contributed by atoms with E-state index in [-0.39, 0.29) is 36.5 Å². The van der Waals surface area contributed by atoms with Gasteiger partial charge >= 0.3 is 6.18 Å². The molecule has 0 bridgehead atoms. The van der Waals surface area contributed by atoms with E-state index in [1.54, 1.807) is 12.3 Å². The number of anilines is 1. The first-order valence-electron chi connectivity index (χ1n) is 12.9. The fourth-order valence-electron chi connectivity index (χ4n) is 3.94. The van der Waals surface area contributed by atoms with E-state index in [0.717, 1.165) is 30.3 Å². The van der Waals surface area contributed by atoms with Gasteiger partial charge in [0.1, 0.15) is 24.5 Å². The molecule has 3 N–H and O–H groups in total. The van der Waals surface area contributed by atoms with Crippen molar-refractivity contribution in [3.05, 3.63) is 83.7 Å². The van der Waals surface area contributed by atoms with Gasteiger partial charge in [0, 0.05) is 50.4 Å². The summed E-state index contributed by atoms with van der Waals surface area (Å²) in [7, 11) is 1.90. The Morgan fingerprint density at radius 1 is 1.10 bits per heavy atom. The largest absolute Gasteiger partial charge is 0.489 e. The smallest absolute Gasteiger partial charge is 0.419 e. The third kappa shape index (κ3) is 9.33. The number of allylic oxidation sites excluding steroid dienone is 1. The van der Waals surface area contributed by atoms with Crippen LogP contribution in [0.3, 0.4) is 0 Å². The van der Waals surface area contributed by atoms with E-state index in [4.69, 9.17) is 10.5 Å². The number of carbonyl (C=O) groups excluding carboxylic acids is 2. The minimum absolute atomic E-state index is 0.0774. The SMILES string of the molecule is CNCc1ccc(N)nc1.O=C/C=C/COc1ccc(-c2ccc(C(=O)N3CCC(F)(F)CC3)cn2)cc1C(F)(F)F. The molecule has 1 saturated heterocycles. The monoisotopic (exact) mass is 591 g/mol.